The van der Waals surface area contributed by atoms with E-state index in [1.54, 1.807) is 0 Å². The molecule has 1 aliphatic rings. The molecule has 1 aromatic carbocycles. The average molecular weight is 355 g/mol. The zero-order valence-electron chi connectivity index (χ0n) is 15.0. The molecule has 24 heavy (non-hydrogen) atoms. The highest BCUT2D eigenvalue weighted by atomic mass is 35.5. The van der Waals surface area contributed by atoms with Crippen molar-refractivity contribution in [3.63, 3.8) is 0 Å². The lowest BCUT2D eigenvalue weighted by atomic mass is 10.1. The molecule has 0 aliphatic carbocycles. The van der Waals surface area contributed by atoms with Crippen LogP contribution in [-0.2, 0) is 4.79 Å². The fourth-order valence-electron chi connectivity index (χ4n) is 2.80. The van der Waals surface area contributed by atoms with Crippen LogP contribution in [0.1, 0.15) is 58.1 Å². The molecule has 2 atom stereocenters. The lowest BCUT2D eigenvalue weighted by molar-refractivity contribution is -0.122. The van der Waals surface area contributed by atoms with Crippen molar-refractivity contribution in [3.05, 3.63) is 29.8 Å². The van der Waals surface area contributed by atoms with E-state index >= 15 is 0 Å². The molecule has 136 valence electrons. The van der Waals surface area contributed by atoms with Gasteiger partial charge in [0.2, 0.25) is 5.91 Å². The zero-order chi connectivity index (χ0) is 16.7. The van der Waals surface area contributed by atoms with E-state index in [0.717, 1.165) is 37.3 Å². The molecule has 0 aromatic heterocycles. The molecule has 4 nitrogen and oxygen atoms in total. The minimum Gasteiger partial charge on any atom is -0.494 e. The minimum absolute atomic E-state index is 0. The van der Waals surface area contributed by atoms with E-state index < -0.39 is 0 Å². The molecule has 2 unspecified atom stereocenters. The third-order valence-corrected chi connectivity index (χ3v) is 4.32. The first-order valence-electron chi connectivity index (χ1n) is 8.80. The summed E-state index contributed by atoms with van der Waals surface area (Å²) in [7, 11) is 0. The van der Waals surface area contributed by atoms with Crippen LogP contribution in [0.3, 0.4) is 0 Å². The van der Waals surface area contributed by atoms with Gasteiger partial charge in [0.1, 0.15) is 5.75 Å². The van der Waals surface area contributed by atoms with Gasteiger partial charge in [-0.2, -0.15) is 0 Å². The monoisotopic (exact) mass is 354 g/mol. The number of rotatable bonds is 8. The van der Waals surface area contributed by atoms with E-state index in [-0.39, 0.29) is 24.4 Å². The number of ether oxygens (including phenoxy) is 1. The van der Waals surface area contributed by atoms with Crippen molar-refractivity contribution in [1.82, 2.24) is 10.6 Å². The van der Waals surface area contributed by atoms with E-state index in [1.807, 2.05) is 31.2 Å². The number of halogens is 1. The molecule has 1 fully saturated rings. The Labute approximate surface area is 152 Å². The van der Waals surface area contributed by atoms with Gasteiger partial charge in [0.15, 0.2) is 0 Å². The molecule has 1 saturated heterocycles. The first-order chi connectivity index (χ1) is 11.0. The number of carbonyl (C=O) groups is 1. The van der Waals surface area contributed by atoms with Crippen molar-refractivity contribution in [2.75, 3.05) is 13.2 Å². The summed E-state index contributed by atoms with van der Waals surface area (Å²) in [6, 6.07) is 8.40. The van der Waals surface area contributed by atoms with Gasteiger partial charge in [-0.25, -0.2) is 0 Å². The fourth-order valence-corrected chi connectivity index (χ4v) is 2.80. The molecular weight excluding hydrogens is 324 g/mol. The highest BCUT2D eigenvalue weighted by Crippen LogP contribution is 2.19. The van der Waals surface area contributed by atoms with Gasteiger partial charge in [0, 0.05) is 12.5 Å². The van der Waals surface area contributed by atoms with Crippen LogP contribution in [0.4, 0.5) is 0 Å². The SMILES string of the molecule is CC(C)CCOc1ccc(C(C)NC(=O)CC2CCCN2)cc1.Cl. The Balaban J connectivity index is 0.00000288. The largest absolute Gasteiger partial charge is 0.494 e. The predicted molar refractivity (Wildman–Crippen MR) is 101 cm³/mol. The van der Waals surface area contributed by atoms with Gasteiger partial charge in [-0.3, -0.25) is 4.79 Å². The molecule has 5 heteroatoms. The second-order valence-electron chi connectivity index (χ2n) is 6.89. The van der Waals surface area contributed by atoms with E-state index in [1.165, 1.54) is 6.42 Å². The summed E-state index contributed by atoms with van der Waals surface area (Å²) in [6.45, 7) is 8.19. The summed E-state index contributed by atoms with van der Waals surface area (Å²) >= 11 is 0. The number of hydrogen-bond donors (Lipinski definition) is 2. The molecule has 0 radical (unpaired) electrons. The van der Waals surface area contributed by atoms with Crippen LogP contribution in [0.15, 0.2) is 24.3 Å². The second kappa shape index (κ2) is 10.6. The zero-order valence-corrected chi connectivity index (χ0v) is 15.8. The number of hydrogen-bond acceptors (Lipinski definition) is 3. The summed E-state index contributed by atoms with van der Waals surface area (Å²) in [5.74, 6) is 1.66. The van der Waals surface area contributed by atoms with Crippen LogP contribution in [-0.4, -0.2) is 25.1 Å². The summed E-state index contributed by atoms with van der Waals surface area (Å²) < 4.78 is 5.73. The van der Waals surface area contributed by atoms with Gasteiger partial charge in [-0.1, -0.05) is 26.0 Å². The van der Waals surface area contributed by atoms with Crippen LogP contribution < -0.4 is 15.4 Å². The Morgan fingerprint density at radius 3 is 2.58 bits per heavy atom. The molecule has 0 spiro atoms. The number of nitrogens with one attached hydrogen (secondary N) is 2. The predicted octanol–water partition coefficient (Wildman–Crippen LogP) is 3.85. The molecule has 1 heterocycles. The topological polar surface area (TPSA) is 50.4 Å². The molecule has 1 aromatic rings. The van der Waals surface area contributed by atoms with Crippen molar-refractivity contribution in [2.45, 2.75) is 58.5 Å². The van der Waals surface area contributed by atoms with Crippen LogP contribution in [0.25, 0.3) is 0 Å². The van der Waals surface area contributed by atoms with Gasteiger partial charge in [-0.05, 0) is 56.3 Å². The lowest BCUT2D eigenvalue weighted by Crippen LogP contribution is -2.33. The molecular formula is C19H31ClN2O2. The van der Waals surface area contributed by atoms with E-state index in [4.69, 9.17) is 4.74 Å². The maximum atomic E-state index is 12.1. The third-order valence-electron chi connectivity index (χ3n) is 4.32. The van der Waals surface area contributed by atoms with Crippen LogP contribution in [0, 0.1) is 5.92 Å². The Hall–Kier alpha value is -1.26. The summed E-state index contributed by atoms with van der Waals surface area (Å²) in [6.07, 6.45) is 3.90. The molecule has 2 N–H and O–H groups in total. The molecule has 0 bridgehead atoms. The first kappa shape index (κ1) is 20.8. The van der Waals surface area contributed by atoms with Crippen LogP contribution >= 0.6 is 12.4 Å². The Kier molecular flexibility index (Phi) is 9.16. The van der Waals surface area contributed by atoms with Crippen molar-refractivity contribution < 1.29 is 9.53 Å². The Morgan fingerprint density at radius 1 is 1.29 bits per heavy atom. The number of carbonyl (C=O) groups excluding carboxylic acids is 1. The third kappa shape index (κ3) is 7.10. The maximum Gasteiger partial charge on any atom is 0.222 e. The summed E-state index contributed by atoms with van der Waals surface area (Å²) in [5, 5.41) is 6.44. The van der Waals surface area contributed by atoms with E-state index in [9.17, 15) is 4.79 Å². The summed E-state index contributed by atoms with van der Waals surface area (Å²) in [4.78, 5) is 12.1. The number of benzene rings is 1. The molecule has 2 rings (SSSR count). The van der Waals surface area contributed by atoms with Crippen LogP contribution in [0.2, 0.25) is 0 Å². The van der Waals surface area contributed by atoms with Gasteiger partial charge in [0.25, 0.3) is 0 Å². The van der Waals surface area contributed by atoms with Crippen molar-refractivity contribution >= 4 is 18.3 Å². The molecule has 1 amide bonds. The molecule has 1 aliphatic heterocycles. The van der Waals surface area contributed by atoms with Crippen molar-refractivity contribution in [3.8, 4) is 5.75 Å². The smallest absolute Gasteiger partial charge is 0.222 e. The van der Waals surface area contributed by atoms with Gasteiger partial charge < -0.3 is 15.4 Å². The lowest BCUT2D eigenvalue weighted by Gasteiger charge is -2.17. The van der Waals surface area contributed by atoms with Gasteiger partial charge in [-0.15, -0.1) is 12.4 Å². The fraction of sp³-hybridized carbons (Fsp3) is 0.632. The normalized spacial score (nSPS) is 18.1. The van der Waals surface area contributed by atoms with Crippen molar-refractivity contribution in [1.29, 1.82) is 0 Å². The second-order valence-corrected chi connectivity index (χ2v) is 6.89. The van der Waals surface area contributed by atoms with Crippen LogP contribution in [0.5, 0.6) is 5.75 Å². The van der Waals surface area contributed by atoms with Crippen molar-refractivity contribution in [2.24, 2.45) is 5.92 Å². The maximum absolute atomic E-state index is 12.1. The summed E-state index contributed by atoms with van der Waals surface area (Å²) in [5.41, 5.74) is 1.11. The number of amides is 1. The first-order valence-corrected chi connectivity index (χ1v) is 8.80. The van der Waals surface area contributed by atoms with Gasteiger partial charge in [0.05, 0.1) is 12.6 Å². The average Bonchev–Trinajstić information content (AvgIpc) is 3.00. The quantitative estimate of drug-likeness (QED) is 0.745. The highest BCUT2D eigenvalue weighted by molar-refractivity contribution is 5.85. The van der Waals surface area contributed by atoms with E-state index in [0.29, 0.717) is 18.4 Å². The Bertz CT molecular complexity index is 485. The van der Waals surface area contributed by atoms with E-state index in [2.05, 4.69) is 24.5 Å². The molecule has 0 saturated carbocycles. The Morgan fingerprint density at radius 2 is 2.00 bits per heavy atom. The minimum atomic E-state index is 0. The standard InChI is InChI=1S/C19H30N2O2.ClH/c1-14(2)10-12-23-18-8-6-16(7-9-18)15(3)21-19(22)13-17-5-4-11-20-17;/h6-9,14-15,17,20H,4-5,10-13H2,1-3H3,(H,21,22);1H. The highest BCUT2D eigenvalue weighted by Gasteiger charge is 2.18. The van der Waals surface area contributed by atoms with Gasteiger partial charge >= 0.3 is 0 Å².